The van der Waals surface area contributed by atoms with E-state index in [1.165, 1.54) is 0 Å². The molecular formula is C14H12N2O3. The predicted molar refractivity (Wildman–Crippen MR) is 68.6 cm³/mol. The average Bonchev–Trinajstić information content (AvgIpc) is 3.01. The second-order valence-corrected chi connectivity index (χ2v) is 4.31. The maximum Gasteiger partial charge on any atom is 0.258 e. The summed E-state index contributed by atoms with van der Waals surface area (Å²) in [5, 5.41) is 13.6. The van der Waals surface area contributed by atoms with E-state index < -0.39 is 0 Å². The molecule has 0 aliphatic rings. The normalized spacial score (nSPS) is 10.8. The number of aromatic hydroxyl groups is 1. The topological polar surface area (TPSA) is 72.3 Å². The van der Waals surface area contributed by atoms with Crippen LogP contribution >= 0.6 is 0 Å². The molecule has 1 aromatic carbocycles. The smallest absolute Gasteiger partial charge is 0.258 e. The number of benzene rings is 1. The van der Waals surface area contributed by atoms with Gasteiger partial charge in [0.05, 0.1) is 6.26 Å². The highest BCUT2D eigenvalue weighted by Gasteiger charge is 2.16. The van der Waals surface area contributed by atoms with Gasteiger partial charge in [0.15, 0.2) is 5.76 Å². The molecule has 19 heavy (non-hydrogen) atoms. The lowest BCUT2D eigenvalue weighted by Gasteiger charge is -2.01. The Morgan fingerprint density at radius 3 is 2.74 bits per heavy atom. The van der Waals surface area contributed by atoms with Gasteiger partial charge in [0.2, 0.25) is 5.82 Å². The van der Waals surface area contributed by atoms with E-state index in [1.54, 1.807) is 25.3 Å². The second kappa shape index (κ2) is 4.28. The van der Waals surface area contributed by atoms with E-state index >= 15 is 0 Å². The number of phenols is 1. The summed E-state index contributed by atoms with van der Waals surface area (Å²) >= 11 is 0. The molecular weight excluding hydrogens is 244 g/mol. The molecule has 5 heteroatoms. The van der Waals surface area contributed by atoms with Crippen LogP contribution < -0.4 is 0 Å². The van der Waals surface area contributed by atoms with Gasteiger partial charge in [-0.2, -0.15) is 4.98 Å². The number of aromatic nitrogens is 2. The molecule has 0 amide bonds. The van der Waals surface area contributed by atoms with Crippen molar-refractivity contribution in [2.45, 2.75) is 13.8 Å². The number of furan rings is 1. The van der Waals surface area contributed by atoms with E-state index in [9.17, 15) is 5.11 Å². The van der Waals surface area contributed by atoms with Crippen LogP contribution in [0.15, 0.2) is 39.5 Å². The molecule has 96 valence electrons. The molecule has 0 saturated heterocycles. The average molecular weight is 256 g/mol. The maximum absolute atomic E-state index is 9.69. The minimum absolute atomic E-state index is 0.200. The van der Waals surface area contributed by atoms with E-state index in [2.05, 4.69) is 10.1 Å². The van der Waals surface area contributed by atoms with Crippen LogP contribution in [-0.2, 0) is 0 Å². The Kier molecular flexibility index (Phi) is 2.59. The molecule has 1 N–H and O–H groups in total. The van der Waals surface area contributed by atoms with Crippen LogP contribution in [0.2, 0.25) is 0 Å². The van der Waals surface area contributed by atoms with Crippen molar-refractivity contribution in [3.8, 4) is 28.8 Å². The lowest BCUT2D eigenvalue weighted by Crippen LogP contribution is -1.84. The summed E-state index contributed by atoms with van der Waals surface area (Å²) in [5.74, 6) is 1.55. The Balaban J connectivity index is 2.07. The zero-order chi connectivity index (χ0) is 13.4. The van der Waals surface area contributed by atoms with Gasteiger partial charge >= 0.3 is 0 Å². The number of aryl methyl sites for hydroxylation is 1. The van der Waals surface area contributed by atoms with Crippen LogP contribution in [0.25, 0.3) is 23.0 Å². The van der Waals surface area contributed by atoms with Gasteiger partial charge in [0, 0.05) is 11.1 Å². The van der Waals surface area contributed by atoms with Crippen molar-refractivity contribution in [3.63, 3.8) is 0 Å². The van der Waals surface area contributed by atoms with E-state index in [0.29, 0.717) is 28.6 Å². The van der Waals surface area contributed by atoms with Crippen molar-refractivity contribution in [1.29, 1.82) is 0 Å². The van der Waals surface area contributed by atoms with Crippen molar-refractivity contribution in [1.82, 2.24) is 10.1 Å². The van der Waals surface area contributed by atoms with Gasteiger partial charge in [-0.25, -0.2) is 0 Å². The van der Waals surface area contributed by atoms with Crippen LogP contribution in [-0.4, -0.2) is 15.2 Å². The first-order valence-electron chi connectivity index (χ1n) is 5.84. The molecule has 0 atom stereocenters. The van der Waals surface area contributed by atoms with Gasteiger partial charge in [-0.05, 0) is 37.6 Å². The SMILES string of the molecule is Cc1ccoc1-c1noc(-c2cccc(O)c2C)n1. The lowest BCUT2D eigenvalue weighted by atomic mass is 10.1. The zero-order valence-electron chi connectivity index (χ0n) is 10.5. The van der Waals surface area contributed by atoms with Gasteiger partial charge in [0.25, 0.3) is 5.89 Å². The molecule has 0 unspecified atom stereocenters. The number of nitrogens with zero attached hydrogens (tertiary/aromatic N) is 2. The first kappa shape index (κ1) is 11.5. The molecule has 0 fully saturated rings. The molecule has 2 aromatic heterocycles. The van der Waals surface area contributed by atoms with Crippen molar-refractivity contribution in [2.75, 3.05) is 0 Å². The minimum Gasteiger partial charge on any atom is -0.508 e. The van der Waals surface area contributed by atoms with Crippen molar-refractivity contribution < 1.29 is 14.0 Å². The molecule has 0 radical (unpaired) electrons. The van der Waals surface area contributed by atoms with Crippen LogP contribution in [0.1, 0.15) is 11.1 Å². The van der Waals surface area contributed by atoms with E-state index in [1.807, 2.05) is 19.1 Å². The van der Waals surface area contributed by atoms with Gasteiger partial charge in [-0.3, -0.25) is 0 Å². The highest BCUT2D eigenvalue weighted by atomic mass is 16.5. The number of phenolic OH excluding ortho intramolecular Hbond substituents is 1. The zero-order valence-corrected chi connectivity index (χ0v) is 10.5. The van der Waals surface area contributed by atoms with Crippen LogP contribution in [0.5, 0.6) is 5.75 Å². The second-order valence-electron chi connectivity index (χ2n) is 4.31. The minimum atomic E-state index is 0.200. The van der Waals surface area contributed by atoms with Crippen LogP contribution in [0.3, 0.4) is 0 Å². The third-order valence-electron chi connectivity index (χ3n) is 3.03. The summed E-state index contributed by atoms with van der Waals surface area (Å²) in [5.41, 5.74) is 2.36. The molecule has 5 nitrogen and oxygen atoms in total. The molecule has 0 aliphatic carbocycles. The van der Waals surface area contributed by atoms with Crippen molar-refractivity contribution in [3.05, 3.63) is 41.7 Å². The van der Waals surface area contributed by atoms with E-state index in [4.69, 9.17) is 8.94 Å². The molecule has 3 aromatic rings. The highest BCUT2D eigenvalue weighted by Crippen LogP contribution is 2.30. The Bertz CT molecular complexity index is 728. The standard InChI is InChI=1S/C14H12N2O3/c1-8-6-7-18-12(8)13-15-14(19-16-13)10-4-3-5-11(17)9(10)2/h3-7,17H,1-2H3. The number of hydrogen-bond donors (Lipinski definition) is 1. The Labute approximate surface area is 109 Å². The number of hydrogen-bond acceptors (Lipinski definition) is 5. The molecule has 3 rings (SSSR count). The van der Waals surface area contributed by atoms with Gasteiger partial charge in [-0.15, -0.1) is 0 Å². The van der Waals surface area contributed by atoms with Crippen LogP contribution in [0.4, 0.5) is 0 Å². The predicted octanol–water partition coefficient (Wildman–Crippen LogP) is 3.32. The summed E-state index contributed by atoms with van der Waals surface area (Å²) in [6.07, 6.45) is 1.58. The fraction of sp³-hybridized carbons (Fsp3) is 0.143. The molecule has 0 spiro atoms. The molecule has 0 bridgehead atoms. The summed E-state index contributed by atoms with van der Waals surface area (Å²) in [7, 11) is 0. The lowest BCUT2D eigenvalue weighted by molar-refractivity contribution is 0.428. The van der Waals surface area contributed by atoms with E-state index in [-0.39, 0.29) is 5.75 Å². The van der Waals surface area contributed by atoms with Gasteiger partial charge in [-0.1, -0.05) is 11.2 Å². The molecule has 0 saturated carbocycles. The van der Waals surface area contributed by atoms with Gasteiger partial charge in [0.1, 0.15) is 5.75 Å². The first-order chi connectivity index (χ1) is 9.16. The quantitative estimate of drug-likeness (QED) is 0.761. The summed E-state index contributed by atoms with van der Waals surface area (Å²) in [4.78, 5) is 4.30. The number of rotatable bonds is 2. The van der Waals surface area contributed by atoms with Crippen LogP contribution in [0, 0.1) is 13.8 Å². The highest BCUT2D eigenvalue weighted by molar-refractivity contribution is 5.64. The largest absolute Gasteiger partial charge is 0.508 e. The van der Waals surface area contributed by atoms with Crippen molar-refractivity contribution >= 4 is 0 Å². The summed E-state index contributed by atoms with van der Waals surface area (Å²) in [6, 6.07) is 7.01. The third-order valence-corrected chi connectivity index (χ3v) is 3.03. The monoisotopic (exact) mass is 256 g/mol. The Morgan fingerprint density at radius 1 is 1.16 bits per heavy atom. The summed E-state index contributed by atoms with van der Waals surface area (Å²) < 4.78 is 10.6. The summed E-state index contributed by atoms with van der Waals surface area (Å²) in [6.45, 7) is 3.71. The first-order valence-corrected chi connectivity index (χ1v) is 5.84. The maximum atomic E-state index is 9.69. The Morgan fingerprint density at radius 2 is 2.00 bits per heavy atom. The Hall–Kier alpha value is -2.56. The molecule has 0 aliphatic heterocycles. The van der Waals surface area contributed by atoms with Crippen molar-refractivity contribution in [2.24, 2.45) is 0 Å². The fourth-order valence-corrected chi connectivity index (χ4v) is 1.88. The fourth-order valence-electron chi connectivity index (χ4n) is 1.88. The third kappa shape index (κ3) is 1.89. The van der Waals surface area contributed by atoms with Gasteiger partial charge < -0.3 is 14.0 Å². The molecule has 2 heterocycles. The van der Waals surface area contributed by atoms with E-state index in [0.717, 1.165) is 5.56 Å².